The fraction of sp³-hybridized carbons (Fsp3) is 0.350. The minimum absolute atomic E-state index is 0.212. The number of benzene rings is 2. The smallest absolute Gasteiger partial charge is 0.236 e. The summed E-state index contributed by atoms with van der Waals surface area (Å²) in [5, 5.41) is 0. The van der Waals surface area contributed by atoms with Crippen molar-refractivity contribution in [3.8, 4) is 0 Å². The van der Waals surface area contributed by atoms with Crippen LogP contribution in [0.4, 0.5) is 0 Å². The Labute approximate surface area is 138 Å². The molecular formula is C20H24N2O. The van der Waals surface area contributed by atoms with Crippen molar-refractivity contribution in [1.29, 1.82) is 0 Å². The molecule has 1 aliphatic rings. The van der Waals surface area contributed by atoms with Crippen molar-refractivity contribution in [3.63, 3.8) is 0 Å². The van der Waals surface area contributed by atoms with Crippen LogP contribution >= 0.6 is 0 Å². The Morgan fingerprint density at radius 1 is 1.09 bits per heavy atom. The van der Waals surface area contributed by atoms with Gasteiger partial charge in [-0.2, -0.15) is 0 Å². The second-order valence-electron chi connectivity index (χ2n) is 6.49. The Bertz CT molecular complexity index is 666. The van der Waals surface area contributed by atoms with Crippen LogP contribution in [0.1, 0.15) is 22.6 Å². The predicted molar refractivity (Wildman–Crippen MR) is 93.6 cm³/mol. The standard InChI is InChI=1S/C20H24N2O/c1-21(2)15-20(23)22-13-12-17-10-6-7-11-18(17)19(14-22)16-8-4-3-5-9-16/h3-11,19H,12-15H2,1-2H3. The van der Waals surface area contributed by atoms with E-state index in [0.29, 0.717) is 6.54 Å². The Kier molecular flexibility index (Phi) is 4.77. The van der Waals surface area contributed by atoms with Gasteiger partial charge in [0, 0.05) is 19.0 Å². The van der Waals surface area contributed by atoms with Crippen LogP contribution in [0.25, 0.3) is 0 Å². The van der Waals surface area contributed by atoms with Gasteiger partial charge in [0.15, 0.2) is 0 Å². The zero-order valence-corrected chi connectivity index (χ0v) is 13.9. The zero-order valence-electron chi connectivity index (χ0n) is 13.9. The maximum atomic E-state index is 12.6. The van der Waals surface area contributed by atoms with Crippen LogP contribution in [-0.2, 0) is 11.2 Å². The van der Waals surface area contributed by atoms with Gasteiger partial charge in [-0.15, -0.1) is 0 Å². The molecule has 1 unspecified atom stereocenters. The van der Waals surface area contributed by atoms with E-state index in [1.165, 1.54) is 16.7 Å². The number of carbonyl (C=O) groups excluding carboxylic acids is 1. The third-order valence-electron chi connectivity index (χ3n) is 4.49. The fourth-order valence-electron chi connectivity index (χ4n) is 3.33. The maximum absolute atomic E-state index is 12.6. The molecule has 3 rings (SSSR count). The van der Waals surface area contributed by atoms with Gasteiger partial charge in [-0.3, -0.25) is 4.79 Å². The van der Waals surface area contributed by atoms with Gasteiger partial charge >= 0.3 is 0 Å². The highest BCUT2D eigenvalue weighted by molar-refractivity contribution is 5.78. The molecule has 1 heterocycles. The number of carbonyl (C=O) groups is 1. The summed E-state index contributed by atoms with van der Waals surface area (Å²) < 4.78 is 0. The molecular weight excluding hydrogens is 284 g/mol. The normalized spacial score (nSPS) is 17.7. The summed E-state index contributed by atoms with van der Waals surface area (Å²) in [6.45, 7) is 2.03. The number of amides is 1. The molecule has 0 saturated heterocycles. The molecule has 2 aromatic carbocycles. The van der Waals surface area contributed by atoms with Gasteiger partial charge in [0.2, 0.25) is 5.91 Å². The minimum Gasteiger partial charge on any atom is -0.340 e. The van der Waals surface area contributed by atoms with E-state index in [4.69, 9.17) is 0 Å². The van der Waals surface area contributed by atoms with Crippen LogP contribution < -0.4 is 0 Å². The van der Waals surface area contributed by atoms with Crippen molar-refractivity contribution in [3.05, 3.63) is 71.3 Å². The van der Waals surface area contributed by atoms with Gasteiger partial charge in [0.05, 0.1) is 6.54 Å². The summed E-state index contributed by atoms with van der Waals surface area (Å²) in [5.74, 6) is 0.463. The average Bonchev–Trinajstić information content (AvgIpc) is 2.75. The summed E-state index contributed by atoms with van der Waals surface area (Å²) in [6.07, 6.45) is 0.929. The number of fused-ring (bicyclic) bond motifs is 1. The summed E-state index contributed by atoms with van der Waals surface area (Å²) in [7, 11) is 3.89. The molecule has 0 saturated carbocycles. The van der Waals surface area contributed by atoms with Crippen molar-refractivity contribution in [1.82, 2.24) is 9.80 Å². The van der Waals surface area contributed by atoms with Crippen LogP contribution in [0.3, 0.4) is 0 Å². The molecule has 1 aliphatic heterocycles. The predicted octanol–water partition coefficient (Wildman–Crippen LogP) is 2.76. The first kappa shape index (κ1) is 15.8. The SMILES string of the molecule is CN(C)CC(=O)N1CCc2ccccc2C(c2ccccc2)C1. The summed E-state index contributed by atoms with van der Waals surface area (Å²) in [4.78, 5) is 16.5. The average molecular weight is 308 g/mol. The number of rotatable bonds is 3. The van der Waals surface area contributed by atoms with Gasteiger partial charge in [-0.1, -0.05) is 54.6 Å². The van der Waals surface area contributed by atoms with Crippen molar-refractivity contribution >= 4 is 5.91 Å². The number of hydrogen-bond donors (Lipinski definition) is 0. The number of hydrogen-bond acceptors (Lipinski definition) is 2. The molecule has 1 atom stereocenters. The third kappa shape index (κ3) is 3.62. The lowest BCUT2D eigenvalue weighted by Crippen LogP contribution is -2.40. The van der Waals surface area contributed by atoms with E-state index in [-0.39, 0.29) is 11.8 Å². The van der Waals surface area contributed by atoms with Crippen LogP contribution in [-0.4, -0.2) is 49.4 Å². The van der Waals surface area contributed by atoms with Crippen LogP contribution in [0, 0.1) is 0 Å². The van der Waals surface area contributed by atoms with Crippen LogP contribution in [0.15, 0.2) is 54.6 Å². The van der Waals surface area contributed by atoms with Crippen LogP contribution in [0.2, 0.25) is 0 Å². The summed E-state index contributed by atoms with van der Waals surface area (Å²) in [6, 6.07) is 19.1. The molecule has 0 bridgehead atoms. The summed E-state index contributed by atoms with van der Waals surface area (Å²) >= 11 is 0. The van der Waals surface area contributed by atoms with Crippen molar-refractivity contribution in [2.24, 2.45) is 0 Å². The quantitative estimate of drug-likeness (QED) is 0.870. The zero-order chi connectivity index (χ0) is 16.2. The number of nitrogens with zero attached hydrogens (tertiary/aromatic N) is 2. The molecule has 0 N–H and O–H groups in total. The molecule has 3 heteroatoms. The van der Waals surface area contributed by atoms with Gasteiger partial charge < -0.3 is 9.80 Å². The van der Waals surface area contributed by atoms with Gasteiger partial charge in [-0.05, 0) is 37.2 Å². The molecule has 1 amide bonds. The van der Waals surface area contributed by atoms with Gasteiger partial charge in [0.25, 0.3) is 0 Å². The van der Waals surface area contributed by atoms with E-state index in [1.54, 1.807) is 0 Å². The Morgan fingerprint density at radius 2 is 1.78 bits per heavy atom. The van der Waals surface area contributed by atoms with E-state index in [9.17, 15) is 4.79 Å². The van der Waals surface area contributed by atoms with Crippen molar-refractivity contribution < 1.29 is 4.79 Å². The van der Waals surface area contributed by atoms with E-state index >= 15 is 0 Å². The molecule has 23 heavy (non-hydrogen) atoms. The molecule has 0 aliphatic carbocycles. The first-order valence-electron chi connectivity index (χ1n) is 8.20. The van der Waals surface area contributed by atoms with Gasteiger partial charge in [0.1, 0.15) is 0 Å². The highest BCUT2D eigenvalue weighted by Gasteiger charge is 2.26. The third-order valence-corrected chi connectivity index (χ3v) is 4.49. The molecule has 0 aromatic heterocycles. The molecule has 3 nitrogen and oxygen atoms in total. The molecule has 0 radical (unpaired) electrons. The van der Waals surface area contributed by atoms with Gasteiger partial charge in [-0.25, -0.2) is 0 Å². The molecule has 2 aromatic rings. The topological polar surface area (TPSA) is 23.6 Å². The largest absolute Gasteiger partial charge is 0.340 e. The van der Waals surface area contributed by atoms with E-state index < -0.39 is 0 Å². The van der Waals surface area contributed by atoms with Crippen LogP contribution in [0.5, 0.6) is 0 Å². The lowest BCUT2D eigenvalue weighted by molar-refractivity contribution is -0.131. The fourth-order valence-corrected chi connectivity index (χ4v) is 3.33. The molecule has 0 fully saturated rings. The maximum Gasteiger partial charge on any atom is 0.236 e. The molecule has 120 valence electrons. The Morgan fingerprint density at radius 3 is 2.52 bits per heavy atom. The van der Waals surface area contributed by atoms with Crippen molar-refractivity contribution in [2.75, 3.05) is 33.7 Å². The first-order chi connectivity index (χ1) is 11.1. The van der Waals surface area contributed by atoms with E-state index in [1.807, 2.05) is 30.0 Å². The second-order valence-corrected chi connectivity index (χ2v) is 6.49. The van der Waals surface area contributed by atoms with Crippen molar-refractivity contribution in [2.45, 2.75) is 12.3 Å². The lowest BCUT2D eigenvalue weighted by Gasteiger charge is -2.26. The Hall–Kier alpha value is -2.13. The highest BCUT2D eigenvalue weighted by Crippen LogP contribution is 2.31. The highest BCUT2D eigenvalue weighted by atomic mass is 16.2. The Balaban J connectivity index is 1.94. The lowest BCUT2D eigenvalue weighted by atomic mass is 9.88. The number of likely N-dealkylation sites (N-methyl/N-ethyl adjacent to an activating group) is 1. The van der Waals surface area contributed by atoms with E-state index in [0.717, 1.165) is 19.5 Å². The van der Waals surface area contributed by atoms with E-state index in [2.05, 4.69) is 48.5 Å². The minimum atomic E-state index is 0.212. The second kappa shape index (κ2) is 6.97. The molecule has 0 spiro atoms. The monoisotopic (exact) mass is 308 g/mol. The first-order valence-corrected chi connectivity index (χ1v) is 8.20. The summed E-state index contributed by atoms with van der Waals surface area (Å²) in [5.41, 5.74) is 4.00.